The molecule has 0 spiro atoms. The van der Waals surface area contributed by atoms with Crippen molar-refractivity contribution in [3.8, 4) is 5.75 Å². The Balaban J connectivity index is 1.73. The third-order valence-electron chi connectivity index (χ3n) is 4.40. The summed E-state index contributed by atoms with van der Waals surface area (Å²) in [4.78, 5) is 12.6. The van der Waals surface area contributed by atoms with Gasteiger partial charge in [-0.2, -0.15) is 0 Å². The summed E-state index contributed by atoms with van der Waals surface area (Å²) in [5, 5.41) is 6.79. The highest BCUT2D eigenvalue weighted by atomic mass is 16.5. The van der Waals surface area contributed by atoms with Gasteiger partial charge in [-0.15, -0.1) is 0 Å². The molecule has 3 aromatic rings. The van der Waals surface area contributed by atoms with Crippen LogP contribution >= 0.6 is 0 Å². The summed E-state index contributed by atoms with van der Waals surface area (Å²) in [7, 11) is 0. The van der Waals surface area contributed by atoms with Gasteiger partial charge in [0.05, 0.1) is 5.56 Å². The molecule has 0 radical (unpaired) electrons. The number of benzene rings is 2. The lowest BCUT2D eigenvalue weighted by atomic mass is 10.1. The third-order valence-corrected chi connectivity index (χ3v) is 4.40. The zero-order valence-electron chi connectivity index (χ0n) is 16.1. The maximum absolute atomic E-state index is 12.6. The van der Waals surface area contributed by atoms with E-state index in [0.717, 1.165) is 29.0 Å². The fourth-order valence-corrected chi connectivity index (χ4v) is 2.93. The monoisotopic (exact) mass is 364 g/mol. The maximum Gasteiger partial charge on any atom is 0.278 e. The van der Waals surface area contributed by atoms with E-state index in [1.807, 2.05) is 50.2 Å². The van der Waals surface area contributed by atoms with E-state index in [2.05, 4.69) is 23.5 Å². The number of nitrogens with one attached hydrogen (secondary N) is 1. The van der Waals surface area contributed by atoms with Gasteiger partial charge in [0.15, 0.2) is 5.69 Å². The second-order valence-corrected chi connectivity index (χ2v) is 6.68. The van der Waals surface area contributed by atoms with E-state index in [-0.39, 0.29) is 18.2 Å². The lowest BCUT2D eigenvalue weighted by Gasteiger charge is -2.09. The van der Waals surface area contributed by atoms with Gasteiger partial charge in [0.2, 0.25) is 0 Å². The highest BCUT2D eigenvalue weighted by molar-refractivity contribution is 6.03. The first-order valence-corrected chi connectivity index (χ1v) is 9.02. The van der Waals surface area contributed by atoms with Gasteiger partial charge in [0.25, 0.3) is 5.91 Å². The molecule has 0 aliphatic carbocycles. The SMILES string of the molecule is CCc1ccc(NC(=O)c2noc(C)c2COc2cc(C)cc(C)c2)cc1. The Morgan fingerprint density at radius 2 is 1.74 bits per heavy atom. The van der Waals surface area contributed by atoms with Gasteiger partial charge in [0.1, 0.15) is 18.1 Å². The van der Waals surface area contributed by atoms with Crippen molar-refractivity contribution in [1.29, 1.82) is 0 Å². The molecule has 0 unspecified atom stereocenters. The molecule has 0 atom stereocenters. The summed E-state index contributed by atoms with van der Waals surface area (Å²) < 4.78 is 11.1. The number of aromatic nitrogens is 1. The number of hydrogen-bond donors (Lipinski definition) is 1. The summed E-state index contributed by atoms with van der Waals surface area (Å²) in [6, 6.07) is 13.8. The van der Waals surface area contributed by atoms with Crippen LogP contribution in [-0.2, 0) is 13.0 Å². The Hall–Kier alpha value is -3.08. The van der Waals surface area contributed by atoms with E-state index in [1.165, 1.54) is 5.56 Å². The smallest absolute Gasteiger partial charge is 0.278 e. The number of carbonyl (C=O) groups is 1. The molecule has 1 amide bonds. The predicted molar refractivity (Wildman–Crippen MR) is 105 cm³/mol. The minimum Gasteiger partial charge on any atom is -0.489 e. The second kappa shape index (κ2) is 8.08. The van der Waals surface area contributed by atoms with Crippen LogP contribution in [0.15, 0.2) is 47.0 Å². The predicted octanol–water partition coefficient (Wildman–Crippen LogP) is 4.99. The Morgan fingerprint density at radius 1 is 1.07 bits per heavy atom. The van der Waals surface area contributed by atoms with Crippen LogP contribution in [0.4, 0.5) is 5.69 Å². The lowest BCUT2D eigenvalue weighted by molar-refractivity contribution is 0.101. The van der Waals surface area contributed by atoms with Crippen molar-refractivity contribution >= 4 is 11.6 Å². The Labute approximate surface area is 159 Å². The Kier molecular flexibility index (Phi) is 5.60. The van der Waals surface area contributed by atoms with Gasteiger partial charge < -0.3 is 14.6 Å². The molecule has 0 fully saturated rings. The quantitative estimate of drug-likeness (QED) is 0.669. The average molecular weight is 364 g/mol. The van der Waals surface area contributed by atoms with E-state index >= 15 is 0 Å². The normalized spacial score (nSPS) is 10.7. The molecule has 27 heavy (non-hydrogen) atoms. The van der Waals surface area contributed by atoms with Gasteiger partial charge in [-0.3, -0.25) is 4.79 Å². The van der Waals surface area contributed by atoms with Gasteiger partial charge in [-0.05, 0) is 68.1 Å². The summed E-state index contributed by atoms with van der Waals surface area (Å²) in [6.45, 7) is 8.13. The molecule has 1 N–H and O–H groups in total. The van der Waals surface area contributed by atoms with E-state index in [4.69, 9.17) is 9.26 Å². The minimum absolute atomic E-state index is 0.218. The number of anilines is 1. The molecular weight excluding hydrogens is 340 g/mol. The van der Waals surface area contributed by atoms with Crippen LogP contribution in [0, 0.1) is 20.8 Å². The summed E-state index contributed by atoms with van der Waals surface area (Å²) >= 11 is 0. The molecular formula is C22H24N2O3. The number of rotatable bonds is 6. The van der Waals surface area contributed by atoms with E-state index in [1.54, 1.807) is 6.92 Å². The molecule has 0 saturated heterocycles. The molecule has 0 saturated carbocycles. The largest absolute Gasteiger partial charge is 0.489 e. The van der Waals surface area contributed by atoms with Crippen molar-refractivity contribution in [2.45, 2.75) is 40.7 Å². The fraction of sp³-hybridized carbons (Fsp3) is 0.273. The molecule has 0 bridgehead atoms. The van der Waals surface area contributed by atoms with Crippen molar-refractivity contribution in [3.05, 3.63) is 76.2 Å². The summed E-state index contributed by atoms with van der Waals surface area (Å²) in [5.41, 5.74) is 5.08. The molecule has 0 aliphatic rings. The van der Waals surface area contributed by atoms with Crippen LogP contribution in [0.3, 0.4) is 0 Å². The van der Waals surface area contributed by atoms with Crippen LogP contribution in [0.5, 0.6) is 5.75 Å². The van der Waals surface area contributed by atoms with Crippen molar-refractivity contribution in [2.24, 2.45) is 0 Å². The molecule has 1 aromatic heterocycles. The minimum atomic E-state index is -0.310. The van der Waals surface area contributed by atoms with Crippen molar-refractivity contribution < 1.29 is 14.1 Å². The second-order valence-electron chi connectivity index (χ2n) is 6.68. The first-order valence-electron chi connectivity index (χ1n) is 9.02. The molecule has 5 heteroatoms. The number of ether oxygens (including phenoxy) is 1. The summed E-state index contributed by atoms with van der Waals surface area (Å²) in [6.07, 6.45) is 0.955. The molecule has 1 heterocycles. The summed E-state index contributed by atoms with van der Waals surface area (Å²) in [5.74, 6) is 1.02. The average Bonchev–Trinajstić information content (AvgIpc) is 3.00. The van der Waals surface area contributed by atoms with Gasteiger partial charge in [-0.25, -0.2) is 0 Å². The number of hydrogen-bond acceptors (Lipinski definition) is 4. The van der Waals surface area contributed by atoms with E-state index in [9.17, 15) is 4.79 Å². The third kappa shape index (κ3) is 4.56. The van der Waals surface area contributed by atoms with Crippen molar-refractivity contribution in [1.82, 2.24) is 5.16 Å². The zero-order chi connectivity index (χ0) is 19.4. The van der Waals surface area contributed by atoms with Crippen LogP contribution in [0.25, 0.3) is 0 Å². The zero-order valence-corrected chi connectivity index (χ0v) is 16.1. The van der Waals surface area contributed by atoms with Crippen LogP contribution in [-0.4, -0.2) is 11.1 Å². The van der Waals surface area contributed by atoms with Crippen LogP contribution in [0.1, 0.15) is 45.4 Å². The number of amides is 1. The van der Waals surface area contributed by atoms with E-state index < -0.39 is 0 Å². The Morgan fingerprint density at radius 3 is 2.37 bits per heavy atom. The molecule has 0 aliphatic heterocycles. The highest BCUT2D eigenvalue weighted by Crippen LogP contribution is 2.21. The maximum atomic E-state index is 12.6. The Bertz CT molecular complexity index is 922. The lowest BCUT2D eigenvalue weighted by Crippen LogP contribution is -2.15. The highest BCUT2D eigenvalue weighted by Gasteiger charge is 2.20. The van der Waals surface area contributed by atoms with Gasteiger partial charge >= 0.3 is 0 Å². The number of carbonyl (C=O) groups excluding carboxylic acids is 1. The number of nitrogens with zero attached hydrogens (tertiary/aromatic N) is 1. The fourth-order valence-electron chi connectivity index (χ4n) is 2.93. The van der Waals surface area contributed by atoms with E-state index in [0.29, 0.717) is 11.3 Å². The van der Waals surface area contributed by atoms with Crippen LogP contribution in [0.2, 0.25) is 0 Å². The first kappa shape index (κ1) is 18.7. The molecule has 140 valence electrons. The van der Waals surface area contributed by atoms with Gasteiger partial charge in [-0.1, -0.05) is 30.3 Å². The molecule has 3 rings (SSSR count). The molecule has 5 nitrogen and oxygen atoms in total. The van der Waals surface area contributed by atoms with Crippen LogP contribution < -0.4 is 10.1 Å². The molecule has 2 aromatic carbocycles. The van der Waals surface area contributed by atoms with Gasteiger partial charge in [0, 0.05) is 5.69 Å². The topological polar surface area (TPSA) is 64.4 Å². The van der Waals surface area contributed by atoms with Crippen molar-refractivity contribution in [3.63, 3.8) is 0 Å². The first-order chi connectivity index (χ1) is 13.0. The standard InChI is InChI=1S/C22H24N2O3/c1-5-17-6-8-18(9-7-17)23-22(25)21-20(16(4)27-24-21)13-26-19-11-14(2)10-15(3)12-19/h6-12H,5,13H2,1-4H3,(H,23,25). The number of aryl methyl sites for hydroxylation is 4. The van der Waals surface area contributed by atoms with Crippen molar-refractivity contribution in [2.75, 3.05) is 5.32 Å².